The van der Waals surface area contributed by atoms with Crippen LogP contribution < -0.4 is 15.4 Å². The molecule has 1 saturated carbocycles. The SMILES string of the molecule is CC#CCN1C(=O)[C@@H]([C@H](O)C2CCCCC2)NC(=O)C12CCN(CCCCOc1ccc(C(=O)NC)cc1)CC2.Cl. The second kappa shape index (κ2) is 15.4. The molecule has 2 aliphatic heterocycles. The third kappa shape index (κ3) is 7.73. The van der Waals surface area contributed by atoms with Crippen LogP contribution in [-0.2, 0) is 9.59 Å². The Hall–Kier alpha value is -2.80. The minimum atomic E-state index is -0.913. The summed E-state index contributed by atoms with van der Waals surface area (Å²) in [5.41, 5.74) is -0.313. The van der Waals surface area contributed by atoms with Crippen molar-refractivity contribution in [1.29, 1.82) is 0 Å². The fourth-order valence-electron chi connectivity index (χ4n) is 6.32. The predicted molar refractivity (Wildman–Crippen MR) is 160 cm³/mol. The molecule has 2 saturated heterocycles. The Morgan fingerprint density at radius 2 is 1.83 bits per heavy atom. The lowest BCUT2D eigenvalue weighted by atomic mass is 9.78. The molecule has 0 unspecified atom stereocenters. The van der Waals surface area contributed by atoms with Gasteiger partial charge < -0.3 is 30.3 Å². The standard InChI is InChI=1S/C31H44N4O5.ClH/c1-3-4-19-35-29(38)26(27(36)23-10-6-5-7-11-23)33-30(39)31(35)16-20-34(21-17-31)18-8-9-22-40-25-14-12-24(13-15-25)28(37)32-2;/h12-15,23,26-27,36H,5-11,16-22H2,1-2H3,(H,32,37)(H,33,39);1H/t26-,27-;/m1./s1. The average molecular weight is 589 g/mol. The number of aliphatic hydroxyl groups is 1. The number of rotatable bonds is 10. The van der Waals surface area contributed by atoms with Crippen LogP contribution in [0.3, 0.4) is 0 Å². The molecule has 10 heteroatoms. The molecule has 1 aromatic carbocycles. The highest BCUT2D eigenvalue weighted by atomic mass is 35.5. The molecule has 1 aliphatic carbocycles. The number of amides is 3. The van der Waals surface area contributed by atoms with Crippen LogP contribution in [0.4, 0.5) is 0 Å². The Morgan fingerprint density at radius 3 is 2.46 bits per heavy atom. The third-order valence-corrected chi connectivity index (χ3v) is 8.81. The summed E-state index contributed by atoms with van der Waals surface area (Å²) in [4.78, 5) is 42.9. The largest absolute Gasteiger partial charge is 0.494 e. The molecule has 3 N–H and O–H groups in total. The van der Waals surface area contributed by atoms with E-state index in [-0.39, 0.29) is 42.6 Å². The fourth-order valence-corrected chi connectivity index (χ4v) is 6.32. The molecule has 3 aliphatic rings. The van der Waals surface area contributed by atoms with Gasteiger partial charge in [-0.15, -0.1) is 18.3 Å². The van der Waals surface area contributed by atoms with E-state index in [1.165, 1.54) is 0 Å². The number of nitrogens with zero attached hydrogens (tertiary/aromatic N) is 2. The molecule has 3 fully saturated rings. The Balaban J connectivity index is 0.00000462. The smallest absolute Gasteiger partial charge is 0.251 e. The lowest BCUT2D eigenvalue weighted by Gasteiger charge is -2.52. The minimum Gasteiger partial charge on any atom is -0.494 e. The predicted octanol–water partition coefficient (Wildman–Crippen LogP) is 2.75. The van der Waals surface area contributed by atoms with Crippen molar-refractivity contribution in [1.82, 2.24) is 20.4 Å². The molecule has 0 radical (unpaired) electrons. The monoisotopic (exact) mass is 588 g/mol. The number of hydrogen-bond donors (Lipinski definition) is 3. The molecular formula is C31H45ClN4O5. The van der Waals surface area contributed by atoms with E-state index >= 15 is 0 Å². The van der Waals surface area contributed by atoms with Gasteiger partial charge in [0.2, 0.25) is 11.8 Å². The van der Waals surface area contributed by atoms with E-state index in [9.17, 15) is 19.5 Å². The maximum Gasteiger partial charge on any atom is 0.251 e. The van der Waals surface area contributed by atoms with Crippen molar-refractivity contribution in [2.45, 2.75) is 82.4 Å². The van der Waals surface area contributed by atoms with E-state index in [0.29, 0.717) is 38.1 Å². The maximum absolute atomic E-state index is 13.7. The summed E-state index contributed by atoms with van der Waals surface area (Å²) in [5.74, 6) is 6.19. The van der Waals surface area contributed by atoms with Crippen molar-refractivity contribution in [3.63, 3.8) is 0 Å². The van der Waals surface area contributed by atoms with E-state index in [4.69, 9.17) is 4.74 Å². The second-order valence-electron chi connectivity index (χ2n) is 11.2. The van der Waals surface area contributed by atoms with Gasteiger partial charge in [-0.05, 0) is 82.2 Å². The Morgan fingerprint density at radius 1 is 1.15 bits per heavy atom. The zero-order chi connectivity index (χ0) is 28.5. The van der Waals surface area contributed by atoms with Crippen LogP contribution in [0.5, 0.6) is 5.75 Å². The Kier molecular flexibility index (Phi) is 12.3. The van der Waals surface area contributed by atoms with Crippen molar-refractivity contribution in [3.05, 3.63) is 29.8 Å². The highest BCUT2D eigenvalue weighted by Gasteiger charge is 2.55. The number of aliphatic hydroxyl groups excluding tert-OH is 1. The third-order valence-electron chi connectivity index (χ3n) is 8.81. The summed E-state index contributed by atoms with van der Waals surface area (Å²) in [5, 5.41) is 16.6. The van der Waals surface area contributed by atoms with Crippen LogP contribution in [0.15, 0.2) is 24.3 Å². The van der Waals surface area contributed by atoms with Crippen LogP contribution in [0.2, 0.25) is 0 Å². The number of carbonyl (C=O) groups is 3. The zero-order valence-corrected chi connectivity index (χ0v) is 25.1. The molecule has 9 nitrogen and oxygen atoms in total. The first-order valence-corrected chi connectivity index (χ1v) is 14.8. The molecule has 226 valence electrons. The zero-order valence-electron chi connectivity index (χ0n) is 24.3. The van der Waals surface area contributed by atoms with Gasteiger partial charge >= 0.3 is 0 Å². The van der Waals surface area contributed by atoms with Crippen molar-refractivity contribution in [2.75, 3.05) is 39.8 Å². The lowest BCUT2D eigenvalue weighted by Crippen LogP contribution is -2.75. The van der Waals surface area contributed by atoms with Crippen molar-refractivity contribution in [3.8, 4) is 17.6 Å². The quantitative estimate of drug-likeness (QED) is 0.286. The minimum absolute atomic E-state index is 0. The highest BCUT2D eigenvalue weighted by molar-refractivity contribution is 6.00. The summed E-state index contributed by atoms with van der Waals surface area (Å²) < 4.78 is 5.82. The average Bonchev–Trinajstić information content (AvgIpc) is 2.99. The molecule has 4 rings (SSSR count). The first kappa shape index (κ1) is 32.7. The van der Waals surface area contributed by atoms with Gasteiger partial charge in [0.25, 0.3) is 5.91 Å². The van der Waals surface area contributed by atoms with Gasteiger partial charge in [0.05, 0.1) is 19.3 Å². The van der Waals surface area contributed by atoms with Gasteiger partial charge in [-0.25, -0.2) is 0 Å². The van der Waals surface area contributed by atoms with Crippen molar-refractivity contribution >= 4 is 30.1 Å². The number of nitrogens with one attached hydrogen (secondary N) is 2. The van der Waals surface area contributed by atoms with Crippen LogP contribution in [0.25, 0.3) is 0 Å². The molecule has 2 heterocycles. The molecule has 41 heavy (non-hydrogen) atoms. The Labute approximate surface area is 250 Å². The van der Waals surface area contributed by atoms with E-state index < -0.39 is 17.7 Å². The van der Waals surface area contributed by atoms with Gasteiger partial charge in [-0.3, -0.25) is 14.4 Å². The van der Waals surface area contributed by atoms with Gasteiger partial charge in [0.15, 0.2) is 0 Å². The second-order valence-corrected chi connectivity index (χ2v) is 11.2. The van der Waals surface area contributed by atoms with Crippen molar-refractivity contribution in [2.24, 2.45) is 5.92 Å². The van der Waals surface area contributed by atoms with Crippen LogP contribution in [0, 0.1) is 17.8 Å². The number of carbonyl (C=O) groups excluding carboxylic acids is 3. The Bertz CT molecular complexity index is 1090. The first-order chi connectivity index (χ1) is 19.4. The topological polar surface area (TPSA) is 111 Å². The highest BCUT2D eigenvalue weighted by Crippen LogP contribution is 2.35. The van der Waals surface area contributed by atoms with Gasteiger partial charge in [0.1, 0.15) is 17.3 Å². The van der Waals surface area contributed by atoms with E-state index in [1.807, 2.05) is 0 Å². The number of ether oxygens (including phenoxy) is 1. The maximum atomic E-state index is 13.7. The summed E-state index contributed by atoms with van der Waals surface area (Å²) in [6, 6.07) is 6.21. The number of piperidine rings is 1. The number of piperazine rings is 1. The van der Waals surface area contributed by atoms with Crippen LogP contribution in [-0.4, -0.2) is 90.1 Å². The molecule has 1 aromatic rings. The van der Waals surface area contributed by atoms with Gasteiger partial charge in [-0.1, -0.05) is 25.2 Å². The normalized spacial score (nSPS) is 21.7. The summed E-state index contributed by atoms with van der Waals surface area (Å²) in [7, 11) is 1.61. The molecule has 0 aromatic heterocycles. The van der Waals surface area contributed by atoms with Gasteiger partial charge in [-0.2, -0.15) is 0 Å². The lowest BCUT2D eigenvalue weighted by molar-refractivity contribution is -0.164. The van der Waals surface area contributed by atoms with Crippen LogP contribution in [0.1, 0.15) is 75.1 Å². The van der Waals surface area contributed by atoms with Crippen LogP contribution >= 0.6 is 12.4 Å². The number of halogens is 1. The summed E-state index contributed by atoms with van der Waals surface area (Å²) in [6.07, 6.45) is 7.14. The molecule has 1 spiro atoms. The van der Waals surface area contributed by atoms with E-state index in [0.717, 1.165) is 57.2 Å². The summed E-state index contributed by atoms with van der Waals surface area (Å²) in [6.45, 7) is 4.85. The van der Waals surface area contributed by atoms with Gasteiger partial charge in [0, 0.05) is 25.7 Å². The number of benzene rings is 1. The number of unbranched alkanes of at least 4 members (excludes halogenated alkanes) is 1. The molecular weight excluding hydrogens is 544 g/mol. The summed E-state index contributed by atoms with van der Waals surface area (Å²) >= 11 is 0. The fraction of sp³-hybridized carbons (Fsp3) is 0.645. The van der Waals surface area contributed by atoms with E-state index in [1.54, 1.807) is 43.1 Å². The molecule has 0 bridgehead atoms. The van der Waals surface area contributed by atoms with E-state index in [2.05, 4.69) is 27.4 Å². The number of likely N-dealkylation sites (tertiary alicyclic amines) is 1. The molecule has 3 amide bonds. The number of hydrogen-bond acceptors (Lipinski definition) is 6. The first-order valence-electron chi connectivity index (χ1n) is 14.8. The molecule has 2 atom stereocenters. The van der Waals surface area contributed by atoms with Crippen molar-refractivity contribution < 1.29 is 24.2 Å².